The van der Waals surface area contributed by atoms with Gasteiger partial charge >= 0.3 is 5.91 Å². The Morgan fingerprint density at radius 1 is 1.03 bits per heavy atom. The number of Topliss-reactive ketones (excluding diaryl/α,β-unsaturated/α-hetero) is 1. The Morgan fingerprint density at radius 3 is 2.52 bits per heavy atom. The van der Waals surface area contributed by atoms with Crippen LogP contribution in [0.1, 0.15) is 22.7 Å². The van der Waals surface area contributed by atoms with Gasteiger partial charge in [-0.1, -0.05) is 47.7 Å². The van der Waals surface area contributed by atoms with E-state index in [1.165, 1.54) is 28.6 Å². The van der Waals surface area contributed by atoms with Gasteiger partial charge in [-0.25, -0.2) is 4.98 Å². The highest BCUT2D eigenvalue weighted by atomic mass is 32.1. The molecular formula is C24H17N3O3S. The minimum absolute atomic E-state index is 0.0397. The van der Waals surface area contributed by atoms with Crippen LogP contribution in [0.3, 0.4) is 0 Å². The maximum Gasteiger partial charge on any atom is 0.301 e. The van der Waals surface area contributed by atoms with E-state index in [9.17, 15) is 14.7 Å². The van der Waals surface area contributed by atoms with E-state index in [0.717, 1.165) is 15.8 Å². The number of amides is 1. The number of nitrogens with zero attached hydrogens (tertiary/aromatic N) is 3. The molecule has 3 heterocycles. The third-order valence-electron chi connectivity index (χ3n) is 5.25. The van der Waals surface area contributed by atoms with Gasteiger partial charge in [0.15, 0.2) is 5.13 Å². The molecule has 0 aliphatic carbocycles. The predicted molar refractivity (Wildman–Crippen MR) is 120 cm³/mol. The predicted octanol–water partition coefficient (Wildman–Crippen LogP) is 4.63. The summed E-state index contributed by atoms with van der Waals surface area (Å²) in [5.41, 5.74) is 3.02. The number of anilines is 1. The lowest BCUT2D eigenvalue weighted by Crippen LogP contribution is -2.29. The molecule has 0 saturated carbocycles. The second-order valence-corrected chi connectivity index (χ2v) is 8.29. The normalized spacial score (nSPS) is 18.1. The number of carbonyl (C=O) groups excluding carboxylic acids is 2. The molecule has 0 bridgehead atoms. The first-order valence-electron chi connectivity index (χ1n) is 9.68. The van der Waals surface area contributed by atoms with Crippen LogP contribution in [0.4, 0.5) is 5.13 Å². The number of ketones is 1. The van der Waals surface area contributed by atoms with Crippen LogP contribution in [0.2, 0.25) is 0 Å². The van der Waals surface area contributed by atoms with Crippen LogP contribution in [0.15, 0.2) is 78.6 Å². The van der Waals surface area contributed by atoms with Gasteiger partial charge in [-0.2, -0.15) is 0 Å². The molecule has 1 atom stereocenters. The second kappa shape index (κ2) is 7.45. The molecule has 7 heteroatoms. The fraction of sp³-hybridized carbons (Fsp3) is 0.0833. The smallest absolute Gasteiger partial charge is 0.301 e. The third-order valence-corrected chi connectivity index (χ3v) is 6.27. The maximum absolute atomic E-state index is 13.2. The van der Waals surface area contributed by atoms with E-state index in [-0.39, 0.29) is 11.3 Å². The minimum atomic E-state index is -0.781. The monoisotopic (exact) mass is 427 g/mol. The van der Waals surface area contributed by atoms with E-state index in [0.29, 0.717) is 16.3 Å². The number of rotatable bonds is 3. The van der Waals surface area contributed by atoms with Crippen molar-refractivity contribution in [1.82, 2.24) is 9.97 Å². The zero-order chi connectivity index (χ0) is 21.5. The summed E-state index contributed by atoms with van der Waals surface area (Å²) in [7, 11) is 0. The number of hydrogen-bond donors (Lipinski definition) is 1. The van der Waals surface area contributed by atoms with Crippen LogP contribution in [0, 0.1) is 6.92 Å². The van der Waals surface area contributed by atoms with E-state index < -0.39 is 17.7 Å². The van der Waals surface area contributed by atoms with Gasteiger partial charge in [-0.3, -0.25) is 19.5 Å². The molecule has 31 heavy (non-hydrogen) atoms. The molecule has 1 aliphatic heterocycles. The quantitative estimate of drug-likeness (QED) is 0.293. The Morgan fingerprint density at radius 2 is 1.77 bits per heavy atom. The summed E-state index contributed by atoms with van der Waals surface area (Å²) in [5.74, 6) is -1.67. The number of aryl methyl sites for hydroxylation is 1. The SMILES string of the molecule is Cc1ccc2nc(N3C(=O)C(=O)C(=C(O)c4ccncc4)C3c3ccccc3)sc2c1. The van der Waals surface area contributed by atoms with Gasteiger partial charge in [-0.05, 0) is 42.3 Å². The lowest BCUT2D eigenvalue weighted by Gasteiger charge is -2.22. The summed E-state index contributed by atoms with van der Waals surface area (Å²) in [6.45, 7) is 1.99. The van der Waals surface area contributed by atoms with Crippen LogP contribution >= 0.6 is 11.3 Å². The molecule has 152 valence electrons. The fourth-order valence-corrected chi connectivity index (χ4v) is 4.86. The average molecular weight is 427 g/mol. The van der Waals surface area contributed by atoms with Crippen molar-refractivity contribution in [3.8, 4) is 0 Å². The molecular weight excluding hydrogens is 410 g/mol. The second-order valence-electron chi connectivity index (χ2n) is 7.28. The summed E-state index contributed by atoms with van der Waals surface area (Å²) < 4.78 is 0.929. The largest absolute Gasteiger partial charge is 0.507 e. The van der Waals surface area contributed by atoms with Crippen molar-refractivity contribution in [3.63, 3.8) is 0 Å². The molecule has 0 spiro atoms. The number of hydrogen-bond acceptors (Lipinski definition) is 6. The highest BCUT2D eigenvalue weighted by Crippen LogP contribution is 2.44. The van der Waals surface area contributed by atoms with Gasteiger partial charge in [0.1, 0.15) is 5.76 Å². The van der Waals surface area contributed by atoms with Gasteiger partial charge in [0.2, 0.25) is 0 Å². The number of benzene rings is 2. The van der Waals surface area contributed by atoms with Crippen molar-refractivity contribution in [2.24, 2.45) is 0 Å². The van der Waals surface area contributed by atoms with Crippen molar-refractivity contribution in [3.05, 3.63) is 95.3 Å². The average Bonchev–Trinajstić information content (AvgIpc) is 3.32. The van der Waals surface area contributed by atoms with Crippen LogP contribution in [-0.4, -0.2) is 26.8 Å². The molecule has 1 unspecified atom stereocenters. The van der Waals surface area contributed by atoms with E-state index in [1.807, 2.05) is 55.5 Å². The van der Waals surface area contributed by atoms with Crippen molar-refractivity contribution < 1.29 is 14.7 Å². The Kier molecular flexibility index (Phi) is 4.60. The zero-order valence-electron chi connectivity index (χ0n) is 16.5. The maximum atomic E-state index is 13.2. The zero-order valence-corrected chi connectivity index (χ0v) is 17.3. The highest BCUT2D eigenvalue weighted by Gasteiger charge is 2.48. The molecule has 2 aromatic heterocycles. The standard InChI is InChI=1S/C24H17N3O3S/c1-14-7-8-17-18(13-14)31-24(26-17)27-20(15-5-3-2-4-6-15)19(22(29)23(27)30)21(28)16-9-11-25-12-10-16/h2-13,20,28H,1H3. The van der Waals surface area contributed by atoms with Crippen molar-refractivity contribution in [2.45, 2.75) is 13.0 Å². The number of fused-ring (bicyclic) bond motifs is 1. The molecule has 1 aliphatic rings. The molecule has 1 amide bonds. The molecule has 4 aromatic rings. The van der Waals surface area contributed by atoms with Crippen LogP contribution < -0.4 is 4.90 Å². The van der Waals surface area contributed by atoms with E-state index >= 15 is 0 Å². The lowest BCUT2D eigenvalue weighted by molar-refractivity contribution is -0.132. The number of pyridine rings is 1. The molecule has 1 N–H and O–H groups in total. The minimum Gasteiger partial charge on any atom is -0.507 e. The Bertz CT molecular complexity index is 1350. The number of aliphatic hydroxyl groups is 1. The fourth-order valence-electron chi connectivity index (χ4n) is 3.77. The first kappa shape index (κ1) is 19.1. The van der Waals surface area contributed by atoms with E-state index in [4.69, 9.17) is 0 Å². The molecule has 2 aromatic carbocycles. The third kappa shape index (κ3) is 3.19. The topological polar surface area (TPSA) is 83.4 Å². The number of aliphatic hydroxyl groups excluding tert-OH is 1. The van der Waals surface area contributed by atoms with Crippen LogP contribution in [0.25, 0.3) is 16.0 Å². The number of aromatic nitrogens is 2. The van der Waals surface area contributed by atoms with E-state index in [1.54, 1.807) is 12.1 Å². The molecule has 0 radical (unpaired) electrons. The van der Waals surface area contributed by atoms with Crippen molar-refractivity contribution >= 4 is 44.1 Å². The first-order chi connectivity index (χ1) is 15.0. The molecule has 5 rings (SSSR count). The van der Waals surface area contributed by atoms with Gasteiger partial charge in [0.05, 0.1) is 21.8 Å². The molecule has 6 nitrogen and oxygen atoms in total. The highest BCUT2D eigenvalue weighted by molar-refractivity contribution is 7.22. The summed E-state index contributed by atoms with van der Waals surface area (Å²) in [6.07, 6.45) is 3.05. The van der Waals surface area contributed by atoms with Crippen LogP contribution in [0.5, 0.6) is 0 Å². The Hall–Kier alpha value is -3.84. The summed E-state index contributed by atoms with van der Waals surface area (Å²) in [4.78, 5) is 36.2. The Labute approximate surface area is 182 Å². The van der Waals surface area contributed by atoms with Gasteiger partial charge in [0.25, 0.3) is 5.78 Å². The van der Waals surface area contributed by atoms with Gasteiger partial charge in [0, 0.05) is 18.0 Å². The lowest BCUT2D eigenvalue weighted by atomic mass is 9.96. The van der Waals surface area contributed by atoms with Crippen molar-refractivity contribution in [2.75, 3.05) is 4.90 Å². The van der Waals surface area contributed by atoms with Gasteiger partial charge in [-0.15, -0.1) is 0 Å². The Balaban J connectivity index is 1.73. The molecule has 1 saturated heterocycles. The summed E-state index contributed by atoms with van der Waals surface area (Å²) >= 11 is 1.35. The summed E-state index contributed by atoms with van der Waals surface area (Å²) in [6, 6.07) is 17.5. The van der Waals surface area contributed by atoms with Crippen molar-refractivity contribution in [1.29, 1.82) is 0 Å². The first-order valence-corrected chi connectivity index (χ1v) is 10.5. The molecule has 1 fully saturated rings. The van der Waals surface area contributed by atoms with E-state index in [2.05, 4.69) is 9.97 Å². The number of thiazole rings is 1. The number of carbonyl (C=O) groups is 2. The van der Waals surface area contributed by atoms with Gasteiger partial charge < -0.3 is 5.11 Å². The van der Waals surface area contributed by atoms with Crippen LogP contribution in [-0.2, 0) is 9.59 Å². The summed E-state index contributed by atoms with van der Waals surface area (Å²) in [5, 5.41) is 11.4.